The molecular weight excluding hydrogens is 241 g/mol. The van der Waals surface area contributed by atoms with E-state index in [0.717, 1.165) is 0 Å². The Morgan fingerprint density at radius 2 is 1.86 bits per heavy atom. The van der Waals surface area contributed by atoms with Crippen molar-refractivity contribution < 1.29 is 18.7 Å². The van der Waals surface area contributed by atoms with E-state index in [1.54, 1.807) is 0 Å². The topological polar surface area (TPSA) is 89.3 Å². The summed E-state index contributed by atoms with van der Waals surface area (Å²) in [7, 11) is 0. The molecule has 14 heavy (non-hydrogen) atoms. The van der Waals surface area contributed by atoms with Crippen molar-refractivity contribution in [2.75, 3.05) is 6.54 Å². The Morgan fingerprint density at radius 1 is 1.43 bits per heavy atom. The molecule has 0 fully saturated rings. The monoisotopic (exact) mass is 254 g/mol. The fourth-order valence-corrected chi connectivity index (χ4v) is 0.704. The quantitative estimate of drug-likeness (QED) is 0.671. The predicted molar refractivity (Wildman–Crippen MR) is 53.3 cm³/mol. The van der Waals surface area contributed by atoms with E-state index in [-0.39, 0.29) is 44.2 Å². The molecule has 0 aromatic carbocycles. The molecule has 0 aliphatic carbocycles. The fourth-order valence-electron chi connectivity index (χ4n) is 0.704. The van der Waals surface area contributed by atoms with Crippen molar-refractivity contribution in [2.24, 2.45) is 11.5 Å². The Bertz CT molecular complexity index is 174. The van der Waals surface area contributed by atoms with Crippen LogP contribution in [0.1, 0.15) is 12.8 Å². The molecule has 0 aliphatic rings. The molecule has 0 bridgehead atoms. The first-order valence-corrected chi connectivity index (χ1v) is 3.45. The van der Waals surface area contributed by atoms with Gasteiger partial charge in [0.15, 0.2) is 5.54 Å². The van der Waals surface area contributed by atoms with E-state index in [9.17, 15) is 13.6 Å². The lowest BCUT2D eigenvalue weighted by molar-refractivity contribution is -0.150. The van der Waals surface area contributed by atoms with Crippen LogP contribution >= 0.6 is 24.8 Å². The molecule has 0 amide bonds. The van der Waals surface area contributed by atoms with Crippen LogP contribution in [-0.2, 0) is 4.79 Å². The van der Waals surface area contributed by atoms with Crippen LogP contribution in [0, 0.1) is 0 Å². The van der Waals surface area contributed by atoms with Gasteiger partial charge in [-0.2, -0.15) is 0 Å². The van der Waals surface area contributed by atoms with Gasteiger partial charge in [-0.3, -0.25) is 0 Å². The van der Waals surface area contributed by atoms with Crippen LogP contribution in [0.2, 0.25) is 0 Å². The van der Waals surface area contributed by atoms with Gasteiger partial charge in [-0.15, -0.1) is 24.8 Å². The second-order valence-electron chi connectivity index (χ2n) is 2.54. The minimum atomic E-state index is -3.07. The minimum Gasteiger partial charge on any atom is -0.480 e. The molecule has 0 saturated carbocycles. The van der Waals surface area contributed by atoms with Crippen LogP contribution in [0.5, 0.6) is 0 Å². The van der Waals surface area contributed by atoms with Crippen molar-refractivity contribution in [3.8, 4) is 0 Å². The maximum absolute atomic E-state index is 12.1. The summed E-state index contributed by atoms with van der Waals surface area (Å²) in [5.74, 6) is -1.69. The van der Waals surface area contributed by atoms with Crippen LogP contribution in [0.4, 0.5) is 8.78 Å². The number of nitrogens with two attached hydrogens (primary N) is 2. The van der Waals surface area contributed by atoms with Gasteiger partial charge in [-0.1, -0.05) is 0 Å². The summed E-state index contributed by atoms with van der Waals surface area (Å²) < 4.78 is 24.2. The van der Waals surface area contributed by atoms with Crippen LogP contribution in [0.15, 0.2) is 0 Å². The molecule has 0 aromatic heterocycles. The van der Waals surface area contributed by atoms with Crippen LogP contribution < -0.4 is 11.5 Å². The molecular formula is C6H14Cl2F2N2O2. The molecule has 0 saturated heterocycles. The summed E-state index contributed by atoms with van der Waals surface area (Å²) in [4.78, 5) is 10.3. The molecule has 5 N–H and O–H groups in total. The average molecular weight is 255 g/mol. The number of alkyl halides is 2. The normalized spacial score (nSPS) is 13.8. The highest BCUT2D eigenvalue weighted by molar-refractivity contribution is 5.85. The van der Waals surface area contributed by atoms with Crippen molar-refractivity contribution in [1.82, 2.24) is 0 Å². The van der Waals surface area contributed by atoms with E-state index in [2.05, 4.69) is 0 Å². The number of carbonyl (C=O) groups is 1. The van der Waals surface area contributed by atoms with E-state index in [1.165, 1.54) is 0 Å². The maximum atomic E-state index is 12.1. The third-order valence-corrected chi connectivity index (χ3v) is 1.58. The number of halogens is 4. The highest BCUT2D eigenvalue weighted by Crippen LogP contribution is 2.18. The Balaban J connectivity index is -0.000000605. The Morgan fingerprint density at radius 3 is 2.07 bits per heavy atom. The van der Waals surface area contributed by atoms with E-state index >= 15 is 0 Å². The lowest BCUT2D eigenvalue weighted by Gasteiger charge is -2.22. The van der Waals surface area contributed by atoms with E-state index < -0.39 is 17.9 Å². The van der Waals surface area contributed by atoms with Gasteiger partial charge in [0.05, 0.1) is 0 Å². The summed E-state index contributed by atoms with van der Waals surface area (Å²) in [6.07, 6.45) is -3.20. The summed E-state index contributed by atoms with van der Waals surface area (Å²) >= 11 is 0. The average Bonchev–Trinajstić information content (AvgIpc) is 1.99. The third kappa shape index (κ3) is 4.90. The summed E-state index contributed by atoms with van der Waals surface area (Å²) in [5.41, 5.74) is 7.56. The summed E-state index contributed by atoms with van der Waals surface area (Å²) in [6.45, 7) is 0.152. The van der Waals surface area contributed by atoms with Crippen molar-refractivity contribution in [1.29, 1.82) is 0 Å². The van der Waals surface area contributed by atoms with Crippen molar-refractivity contribution >= 4 is 30.8 Å². The van der Waals surface area contributed by atoms with E-state index in [4.69, 9.17) is 16.6 Å². The molecule has 1 unspecified atom stereocenters. The van der Waals surface area contributed by atoms with Crippen molar-refractivity contribution in [2.45, 2.75) is 24.8 Å². The van der Waals surface area contributed by atoms with E-state index in [1.807, 2.05) is 0 Å². The van der Waals surface area contributed by atoms with Crippen LogP contribution in [-0.4, -0.2) is 29.6 Å². The zero-order chi connectivity index (χ0) is 9.78. The molecule has 0 aliphatic heterocycles. The molecule has 0 aromatic rings. The van der Waals surface area contributed by atoms with Gasteiger partial charge in [0.25, 0.3) is 6.43 Å². The first-order valence-electron chi connectivity index (χ1n) is 3.45. The smallest absolute Gasteiger partial charge is 0.329 e. The Labute approximate surface area is 92.8 Å². The fraction of sp³-hybridized carbons (Fsp3) is 0.833. The number of hydrogen-bond acceptors (Lipinski definition) is 3. The molecule has 88 valence electrons. The molecule has 8 heteroatoms. The lowest BCUT2D eigenvalue weighted by Crippen LogP contribution is -2.54. The number of hydrogen-bond donors (Lipinski definition) is 3. The summed E-state index contributed by atoms with van der Waals surface area (Å²) in [6, 6.07) is 0. The van der Waals surface area contributed by atoms with Crippen molar-refractivity contribution in [3.05, 3.63) is 0 Å². The van der Waals surface area contributed by atoms with Gasteiger partial charge >= 0.3 is 5.97 Å². The largest absolute Gasteiger partial charge is 0.480 e. The molecule has 0 heterocycles. The van der Waals surface area contributed by atoms with Gasteiger partial charge < -0.3 is 16.6 Å². The lowest BCUT2D eigenvalue weighted by atomic mass is 9.95. The number of rotatable bonds is 5. The van der Waals surface area contributed by atoms with Gasteiger partial charge in [-0.25, -0.2) is 13.6 Å². The van der Waals surface area contributed by atoms with Crippen LogP contribution in [0.25, 0.3) is 0 Å². The zero-order valence-electron chi connectivity index (χ0n) is 7.28. The van der Waals surface area contributed by atoms with E-state index in [0.29, 0.717) is 0 Å². The van der Waals surface area contributed by atoms with Crippen LogP contribution in [0.3, 0.4) is 0 Å². The summed E-state index contributed by atoms with van der Waals surface area (Å²) in [5, 5.41) is 8.38. The first-order chi connectivity index (χ1) is 5.45. The first kappa shape index (κ1) is 19.4. The number of carboxylic acids is 1. The molecule has 0 radical (unpaired) electrons. The molecule has 1 atom stereocenters. The maximum Gasteiger partial charge on any atom is 0.329 e. The SMILES string of the molecule is Cl.Cl.NCCCC(N)(C(=O)O)C(F)F. The third-order valence-electron chi connectivity index (χ3n) is 1.58. The molecule has 0 spiro atoms. The van der Waals surface area contributed by atoms with Crippen molar-refractivity contribution in [3.63, 3.8) is 0 Å². The van der Waals surface area contributed by atoms with Gasteiger partial charge in [-0.05, 0) is 19.4 Å². The second-order valence-corrected chi connectivity index (χ2v) is 2.54. The van der Waals surface area contributed by atoms with Gasteiger partial charge in [0, 0.05) is 0 Å². The minimum absolute atomic E-state index is 0. The number of carboxylic acid groups (broad SMARTS) is 1. The zero-order valence-corrected chi connectivity index (χ0v) is 8.91. The standard InChI is InChI=1S/C6H12F2N2O2.2ClH/c7-4(8)6(10,5(11)12)2-1-3-9;;/h4H,1-3,9-10H2,(H,11,12);2*1H. The Hall–Kier alpha value is -0.170. The highest BCUT2D eigenvalue weighted by atomic mass is 35.5. The Kier molecular flexibility index (Phi) is 11.3. The number of aliphatic carboxylic acids is 1. The predicted octanol–water partition coefficient (Wildman–Crippen LogP) is 0.616. The van der Waals surface area contributed by atoms with Gasteiger partial charge in [0.2, 0.25) is 0 Å². The van der Waals surface area contributed by atoms with Gasteiger partial charge in [0.1, 0.15) is 0 Å². The highest BCUT2D eigenvalue weighted by Gasteiger charge is 2.42. The molecule has 0 rings (SSSR count). The molecule has 4 nitrogen and oxygen atoms in total. The second kappa shape index (κ2) is 8.16.